The third-order valence-corrected chi connectivity index (χ3v) is 5.52. The minimum absolute atomic E-state index is 0.0129. The van der Waals surface area contributed by atoms with Gasteiger partial charge in [0.05, 0.1) is 12.5 Å². The second-order valence-electron chi connectivity index (χ2n) is 7.68. The summed E-state index contributed by atoms with van der Waals surface area (Å²) in [6.45, 7) is 3.49. The highest BCUT2D eigenvalue weighted by atomic mass is 19.1. The Labute approximate surface area is 163 Å². The van der Waals surface area contributed by atoms with Crippen molar-refractivity contribution in [1.82, 2.24) is 10.2 Å². The summed E-state index contributed by atoms with van der Waals surface area (Å²) in [6, 6.07) is 5.25. The molecule has 2 aliphatic heterocycles. The van der Waals surface area contributed by atoms with Gasteiger partial charge in [-0.15, -0.1) is 0 Å². The zero-order valence-corrected chi connectivity index (χ0v) is 15.9. The summed E-state index contributed by atoms with van der Waals surface area (Å²) < 4.78 is 18.9. The van der Waals surface area contributed by atoms with Crippen LogP contribution >= 0.6 is 0 Å². The number of nitrogens with one attached hydrogen (secondary N) is 1. The molecule has 154 valence electrons. The van der Waals surface area contributed by atoms with Crippen LogP contribution in [0, 0.1) is 11.7 Å². The molecule has 3 N–H and O–H groups in total. The molecule has 7 nitrogen and oxygen atoms in total. The number of aliphatic hydroxyl groups is 2. The minimum atomic E-state index is -1.22. The Hall–Kier alpha value is -2.03. The lowest BCUT2D eigenvalue weighted by Crippen LogP contribution is -2.41. The number of carbonyl (C=O) groups excluding carboxylic acids is 2. The number of amides is 2. The summed E-state index contributed by atoms with van der Waals surface area (Å²) in [4.78, 5) is 26.3. The SMILES string of the molecule is CC1CCN(C(=O)C[C@H]2O[C@H](CNC(=O)c3cccc(F)c3)[C@@H](O)[C@H]2O)CC1. The molecule has 2 amide bonds. The normalized spacial score (nSPS) is 28.4. The number of aliphatic hydroxyl groups excluding tert-OH is 2. The number of rotatable bonds is 5. The van der Waals surface area contributed by atoms with E-state index < -0.39 is 36.1 Å². The number of carbonyl (C=O) groups is 2. The third kappa shape index (κ3) is 4.87. The van der Waals surface area contributed by atoms with E-state index in [0.29, 0.717) is 19.0 Å². The highest BCUT2D eigenvalue weighted by molar-refractivity contribution is 5.94. The van der Waals surface area contributed by atoms with Gasteiger partial charge in [-0.25, -0.2) is 4.39 Å². The molecule has 8 heteroatoms. The Morgan fingerprint density at radius 1 is 1.21 bits per heavy atom. The molecule has 0 saturated carbocycles. The van der Waals surface area contributed by atoms with E-state index in [0.717, 1.165) is 18.9 Å². The van der Waals surface area contributed by atoms with Crippen LogP contribution in [0.1, 0.15) is 36.5 Å². The highest BCUT2D eigenvalue weighted by Crippen LogP contribution is 2.25. The average molecular weight is 394 g/mol. The summed E-state index contributed by atoms with van der Waals surface area (Å²) in [7, 11) is 0. The van der Waals surface area contributed by atoms with Crippen LogP contribution < -0.4 is 5.32 Å². The van der Waals surface area contributed by atoms with E-state index in [9.17, 15) is 24.2 Å². The second kappa shape index (κ2) is 8.98. The molecule has 0 aromatic heterocycles. The van der Waals surface area contributed by atoms with Gasteiger partial charge in [0.25, 0.3) is 5.91 Å². The van der Waals surface area contributed by atoms with Crippen molar-refractivity contribution in [2.24, 2.45) is 5.92 Å². The van der Waals surface area contributed by atoms with Crippen molar-refractivity contribution >= 4 is 11.8 Å². The molecule has 4 atom stereocenters. The monoisotopic (exact) mass is 394 g/mol. The quantitative estimate of drug-likeness (QED) is 0.683. The van der Waals surface area contributed by atoms with Gasteiger partial charge in [0, 0.05) is 25.2 Å². The first-order valence-corrected chi connectivity index (χ1v) is 9.68. The van der Waals surface area contributed by atoms with Crippen molar-refractivity contribution < 1.29 is 28.9 Å². The number of benzene rings is 1. The first-order valence-electron chi connectivity index (χ1n) is 9.68. The van der Waals surface area contributed by atoms with Crippen molar-refractivity contribution in [3.8, 4) is 0 Å². The number of piperidine rings is 1. The standard InChI is InChI=1S/C20H27FN2O5/c1-12-5-7-23(8-6-12)17(24)10-15-18(25)19(26)16(28-15)11-22-20(27)13-3-2-4-14(21)9-13/h2-4,9,12,15-16,18-19,25-26H,5-8,10-11H2,1H3,(H,22,27)/t15-,16-,18+,19-/m1/s1. The molecule has 2 heterocycles. The fourth-order valence-corrected chi connectivity index (χ4v) is 3.65. The van der Waals surface area contributed by atoms with Crippen LogP contribution in [0.5, 0.6) is 0 Å². The molecular formula is C20H27FN2O5. The van der Waals surface area contributed by atoms with Crippen LogP contribution in [0.4, 0.5) is 4.39 Å². The molecule has 2 aliphatic rings. The maximum atomic E-state index is 13.2. The summed E-state index contributed by atoms with van der Waals surface area (Å²) in [5, 5.41) is 23.0. The molecule has 0 radical (unpaired) electrons. The maximum Gasteiger partial charge on any atom is 0.251 e. The first-order chi connectivity index (χ1) is 13.3. The van der Waals surface area contributed by atoms with Gasteiger partial charge >= 0.3 is 0 Å². The number of hydrogen-bond donors (Lipinski definition) is 3. The predicted octanol–water partition coefficient (Wildman–Crippen LogP) is 0.693. The molecule has 0 aliphatic carbocycles. The number of ether oxygens (including phenoxy) is 1. The van der Waals surface area contributed by atoms with Crippen LogP contribution in [0.2, 0.25) is 0 Å². The van der Waals surface area contributed by atoms with Crippen LogP contribution in [0.15, 0.2) is 24.3 Å². The predicted molar refractivity (Wildman–Crippen MR) is 99.0 cm³/mol. The summed E-state index contributed by atoms with van der Waals surface area (Å²) in [6.07, 6.45) is -2.18. The van der Waals surface area contributed by atoms with Gasteiger partial charge in [-0.2, -0.15) is 0 Å². The van der Waals surface area contributed by atoms with E-state index in [1.807, 2.05) is 0 Å². The summed E-state index contributed by atoms with van der Waals surface area (Å²) in [5.41, 5.74) is 0.152. The van der Waals surface area contributed by atoms with E-state index in [1.165, 1.54) is 18.2 Å². The van der Waals surface area contributed by atoms with Crippen molar-refractivity contribution in [3.63, 3.8) is 0 Å². The van der Waals surface area contributed by atoms with Crippen molar-refractivity contribution in [2.75, 3.05) is 19.6 Å². The van der Waals surface area contributed by atoms with E-state index in [-0.39, 0.29) is 24.4 Å². The van der Waals surface area contributed by atoms with Gasteiger partial charge in [-0.05, 0) is 37.0 Å². The Kier molecular flexibility index (Phi) is 6.64. The molecule has 0 bridgehead atoms. The van der Waals surface area contributed by atoms with Crippen LogP contribution in [0.25, 0.3) is 0 Å². The molecule has 0 unspecified atom stereocenters. The Morgan fingerprint density at radius 3 is 2.57 bits per heavy atom. The number of hydrogen-bond acceptors (Lipinski definition) is 5. The van der Waals surface area contributed by atoms with Gasteiger partial charge in [-0.1, -0.05) is 13.0 Å². The van der Waals surface area contributed by atoms with E-state index in [1.54, 1.807) is 4.90 Å². The Balaban J connectivity index is 1.50. The van der Waals surface area contributed by atoms with Gasteiger partial charge in [0.2, 0.25) is 5.91 Å². The molecule has 1 aromatic carbocycles. The third-order valence-electron chi connectivity index (χ3n) is 5.52. The molecular weight excluding hydrogens is 367 g/mol. The van der Waals surface area contributed by atoms with Crippen LogP contribution in [-0.4, -0.2) is 71.0 Å². The second-order valence-corrected chi connectivity index (χ2v) is 7.68. The molecule has 0 spiro atoms. The Bertz CT molecular complexity index is 708. The van der Waals surface area contributed by atoms with Crippen LogP contribution in [-0.2, 0) is 9.53 Å². The van der Waals surface area contributed by atoms with E-state index >= 15 is 0 Å². The van der Waals surface area contributed by atoms with Gasteiger partial charge in [0.1, 0.15) is 24.1 Å². The molecule has 1 aromatic rings. The van der Waals surface area contributed by atoms with Crippen molar-refractivity contribution in [2.45, 2.75) is 50.6 Å². The molecule has 2 saturated heterocycles. The number of nitrogens with zero attached hydrogens (tertiary/aromatic N) is 1. The van der Waals surface area contributed by atoms with E-state index in [4.69, 9.17) is 4.74 Å². The summed E-state index contributed by atoms with van der Waals surface area (Å²) >= 11 is 0. The first kappa shape index (κ1) is 20.7. The topological polar surface area (TPSA) is 99.1 Å². The zero-order chi connectivity index (χ0) is 20.3. The van der Waals surface area contributed by atoms with Crippen molar-refractivity contribution in [3.05, 3.63) is 35.6 Å². The highest BCUT2D eigenvalue weighted by Gasteiger charge is 2.44. The van der Waals surface area contributed by atoms with E-state index in [2.05, 4.69) is 12.2 Å². The summed E-state index contributed by atoms with van der Waals surface area (Å²) in [5.74, 6) is -0.532. The van der Waals surface area contributed by atoms with Crippen LogP contribution in [0.3, 0.4) is 0 Å². The lowest BCUT2D eigenvalue weighted by Gasteiger charge is -2.31. The molecule has 3 rings (SSSR count). The molecule has 28 heavy (non-hydrogen) atoms. The fraction of sp³-hybridized carbons (Fsp3) is 0.600. The number of likely N-dealkylation sites (tertiary alicyclic amines) is 1. The van der Waals surface area contributed by atoms with Crippen molar-refractivity contribution in [1.29, 1.82) is 0 Å². The maximum absolute atomic E-state index is 13.2. The zero-order valence-electron chi connectivity index (χ0n) is 15.9. The lowest BCUT2D eigenvalue weighted by atomic mass is 9.98. The van der Waals surface area contributed by atoms with Gasteiger partial charge in [0.15, 0.2) is 0 Å². The van der Waals surface area contributed by atoms with Gasteiger partial charge in [-0.3, -0.25) is 9.59 Å². The molecule has 2 fully saturated rings. The smallest absolute Gasteiger partial charge is 0.251 e. The Morgan fingerprint density at radius 2 is 1.89 bits per heavy atom. The number of halogens is 1. The fourth-order valence-electron chi connectivity index (χ4n) is 3.65. The largest absolute Gasteiger partial charge is 0.388 e. The minimum Gasteiger partial charge on any atom is -0.388 e. The lowest BCUT2D eigenvalue weighted by molar-refractivity contribution is -0.136. The van der Waals surface area contributed by atoms with Gasteiger partial charge < -0.3 is 25.2 Å². The average Bonchev–Trinajstić information content (AvgIpc) is 2.94.